The average Bonchev–Trinajstić information content (AvgIpc) is 2.77. The lowest BCUT2D eigenvalue weighted by molar-refractivity contribution is -0.129. The third-order valence-electron chi connectivity index (χ3n) is 4.65. The van der Waals surface area contributed by atoms with Crippen molar-refractivity contribution < 1.29 is 23.5 Å². The minimum Gasteiger partial charge on any atom is -0.445 e. The van der Waals surface area contributed by atoms with Gasteiger partial charge in [-0.15, -0.1) is 0 Å². The minimum atomic E-state index is -1.16. The van der Waals surface area contributed by atoms with Crippen LogP contribution in [0.5, 0.6) is 0 Å². The Bertz CT molecular complexity index is 843. The Morgan fingerprint density at radius 1 is 0.871 bits per heavy atom. The Labute approximate surface area is 182 Å². The van der Waals surface area contributed by atoms with E-state index in [0.717, 1.165) is 11.1 Å². The van der Waals surface area contributed by atoms with Crippen molar-refractivity contribution >= 4 is 17.8 Å². The maximum atomic E-state index is 13.0. The normalized spacial score (nSPS) is 12.6. The Kier molecular flexibility index (Phi) is 9.68. The van der Waals surface area contributed by atoms with Crippen LogP contribution in [0, 0.1) is 5.92 Å². The van der Waals surface area contributed by atoms with Crippen LogP contribution in [0.2, 0.25) is 0 Å². The smallest absolute Gasteiger partial charge is 0.408 e. The molecular formula is C24H29FN2O4. The molecule has 2 atom stereocenters. The molecule has 2 aromatic carbocycles. The summed E-state index contributed by atoms with van der Waals surface area (Å²) in [4.78, 5) is 37.2. The molecule has 0 saturated heterocycles. The third-order valence-corrected chi connectivity index (χ3v) is 4.65. The Balaban J connectivity index is 2.08. The Hall–Kier alpha value is -3.22. The first kappa shape index (κ1) is 24.1. The second-order valence-electron chi connectivity index (χ2n) is 7.74. The number of hydrogen-bond acceptors (Lipinski definition) is 4. The van der Waals surface area contributed by atoms with Crippen LogP contribution in [0.15, 0.2) is 60.7 Å². The topological polar surface area (TPSA) is 84.5 Å². The van der Waals surface area contributed by atoms with Gasteiger partial charge in [-0.3, -0.25) is 9.59 Å². The van der Waals surface area contributed by atoms with Gasteiger partial charge in [-0.05, 0) is 23.5 Å². The molecule has 1 unspecified atom stereocenters. The molecule has 2 rings (SSSR count). The van der Waals surface area contributed by atoms with Crippen LogP contribution < -0.4 is 10.6 Å². The van der Waals surface area contributed by atoms with Gasteiger partial charge in [-0.1, -0.05) is 74.5 Å². The SMILES string of the molecule is CC(C)CC(NC(=O)[C@H](Cc1ccccc1)NC(=O)OCc1ccccc1)C(=O)CF. The summed E-state index contributed by atoms with van der Waals surface area (Å²) in [5.74, 6) is -1.17. The summed E-state index contributed by atoms with van der Waals surface area (Å²) in [6.07, 6.45) is -0.242. The average molecular weight is 429 g/mol. The van der Waals surface area contributed by atoms with Gasteiger partial charge in [0.2, 0.25) is 5.91 Å². The van der Waals surface area contributed by atoms with E-state index in [2.05, 4.69) is 10.6 Å². The summed E-state index contributed by atoms with van der Waals surface area (Å²) in [5, 5.41) is 5.17. The highest BCUT2D eigenvalue weighted by molar-refractivity contribution is 5.92. The number of halogens is 1. The summed E-state index contributed by atoms with van der Waals surface area (Å²) in [5.41, 5.74) is 1.63. The van der Waals surface area contributed by atoms with Crippen LogP contribution in [-0.4, -0.2) is 36.5 Å². The van der Waals surface area contributed by atoms with E-state index >= 15 is 0 Å². The maximum absolute atomic E-state index is 13.0. The second-order valence-corrected chi connectivity index (χ2v) is 7.74. The van der Waals surface area contributed by atoms with Gasteiger partial charge in [0.25, 0.3) is 0 Å². The molecular weight excluding hydrogens is 399 g/mol. The summed E-state index contributed by atoms with van der Waals surface area (Å²) in [6.45, 7) is 2.66. The predicted molar refractivity (Wildman–Crippen MR) is 116 cm³/mol. The van der Waals surface area contributed by atoms with Gasteiger partial charge in [0.1, 0.15) is 19.3 Å². The number of alkyl carbamates (subject to hydrolysis) is 1. The molecule has 166 valence electrons. The number of hydrogen-bond donors (Lipinski definition) is 2. The number of carbonyl (C=O) groups is 3. The van der Waals surface area contributed by atoms with E-state index in [0.29, 0.717) is 6.42 Å². The van der Waals surface area contributed by atoms with Crippen molar-refractivity contribution in [2.45, 2.75) is 45.4 Å². The Morgan fingerprint density at radius 3 is 2.00 bits per heavy atom. The molecule has 0 saturated carbocycles. The van der Waals surface area contributed by atoms with E-state index < -0.39 is 36.5 Å². The number of benzene rings is 2. The highest BCUT2D eigenvalue weighted by atomic mass is 19.1. The van der Waals surface area contributed by atoms with E-state index in [9.17, 15) is 18.8 Å². The zero-order valence-electron chi connectivity index (χ0n) is 17.8. The molecule has 2 aromatic rings. The predicted octanol–water partition coefficient (Wildman–Crippen LogP) is 3.59. The lowest BCUT2D eigenvalue weighted by Crippen LogP contribution is -2.53. The lowest BCUT2D eigenvalue weighted by Gasteiger charge is -2.23. The first-order valence-electron chi connectivity index (χ1n) is 10.3. The standard InChI is InChI=1S/C24H29FN2O4/c1-17(2)13-20(22(28)15-25)26-23(29)21(14-18-9-5-3-6-10-18)27-24(30)31-16-19-11-7-4-8-12-19/h3-12,17,20-21H,13-16H2,1-2H3,(H,26,29)(H,27,30)/t20?,21-/m0/s1. The maximum Gasteiger partial charge on any atom is 0.408 e. The highest BCUT2D eigenvalue weighted by Crippen LogP contribution is 2.09. The van der Waals surface area contributed by atoms with E-state index in [4.69, 9.17) is 4.74 Å². The molecule has 0 heterocycles. The van der Waals surface area contributed by atoms with Gasteiger partial charge in [0.05, 0.1) is 6.04 Å². The van der Waals surface area contributed by atoms with Gasteiger partial charge in [0, 0.05) is 6.42 Å². The van der Waals surface area contributed by atoms with Crippen molar-refractivity contribution in [1.29, 1.82) is 0 Å². The first-order valence-corrected chi connectivity index (χ1v) is 10.3. The van der Waals surface area contributed by atoms with Crippen LogP contribution in [0.25, 0.3) is 0 Å². The number of nitrogens with one attached hydrogen (secondary N) is 2. The van der Waals surface area contributed by atoms with Crippen molar-refractivity contribution in [3.8, 4) is 0 Å². The monoisotopic (exact) mass is 428 g/mol. The van der Waals surface area contributed by atoms with Crippen molar-refractivity contribution in [2.75, 3.05) is 6.67 Å². The zero-order chi connectivity index (χ0) is 22.6. The number of alkyl halides is 1. The molecule has 2 amide bonds. The van der Waals surface area contributed by atoms with Crippen molar-refractivity contribution in [3.63, 3.8) is 0 Å². The van der Waals surface area contributed by atoms with Gasteiger partial charge < -0.3 is 15.4 Å². The molecule has 0 aliphatic carbocycles. The number of ketones is 1. The van der Waals surface area contributed by atoms with Crippen molar-refractivity contribution in [3.05, 3.63) is 71.8 Å². The van der Waals surface area contributed by atoms with E-state index in [1.54, 1.807) is 0 Å². The van der Waals surface area contributed by atoms with Crippen LogP contribution >= 0.6 is 0 Å². The number of rotatable bonds is 11. The van der Waals surface area contributed by atoms with Crippen LogP contribution in [-0.2, 0) is 27.4 Å². The van der Waals surface area contributed by atoms with Gasteiger partial charge >= 0.3 is 6.09 Å². The highest BCUT2D eigenvalue weighted by Gasteiger charge is 2.27. The number of carbonyl (C=O) groups excluding carboxylic acids is 3. The fourth-order valence-electron chi connectivity index (χ4n) is 3.07. The molecule has 0 aliphatic heterocycles. The van der Waals surface area contributed by atoms with Crippen molar-refractivity contribution in [1.82, 2.24) is 10.6 Å². The second kappa shape index (κ2) is 12.5. The molecule has 2 N–H and O–H groups in total. The van der Waals surface area contributed by atoms with Crippen molar-refractivity contribution in [2.24, 2.45) is 5.92 Å². The fourth-order valence-corrected chi connectivity index (χ4v) is 3.07. The zero-order valence-corrected chi connectivity index (χ0v) is 17.8. The number of amides is 2. The quantitative estimate of drug-likeness (QED) is 0.573. The van der Waals surface area contributed by atoms with E-state index in [1.807, 2.05) is 74.5 Å². The van der Waals surface area contributed by atoms with Gasteiger partial charge in [-0.25, -0.2) is 9.18 Å². The van der Waals surface area contributed by atoms with Gasteiger partial charge in [0.15, 0.2) is 5.78 Å². The molecule has 31 heavy (non-hydrogen) atoms. The number of Topliss-reactive ketones (excluding diaryl/α,β-unsaturated/α-hetero) is 1. The van der Waals surface area contributed by atoms with E-state index in [1.165, 1.54) is 0 Å². The molecule has 0 radical (unpaired) electrons. The summed E-state index contributed by atoms with van der Waals surface area (Å²) >= 11 is 0. The van der Waals surface area contributed by atoms with E-state index in [-0.39, 0.29) is 18.9 Å². The van der Waals surface area contributed by atoms with Crippen LogP contribution in [0.4, 0.5) is 9.18 Å². The summed E-state index contributed by atoms with van der Waals surface area (Å²) < 4.78 is 18.2. The fraction of sp³-hybridized carbons (Fsp3) is 0.375. The molecule has 0 fully saturated rings. The molecule has 0 aliphatic rings. The summed E-state index contributed by atoms with van der Waals surface area (Å²) in [7, 11) is 0. The molecule has 0 spiro atoms. The third kappa shape index (κ3) is 8.58. The minimum absolute atomic E-state index is 0.0582. The molecule has 7 heteroatoms. The van der Waals surface area contributed by atoms with Crippen LogP contribution in [0.3, 0.4) is 0 Å². The molecule has 6 nitrogen and oxygen atoms in total. The first-order chi connectivity index (χ1) is 14.9. The van der Waals surface area contributed by atoms with Crippen LogP contribution in [0.1, 0.15) is 31.4 Å². The summed E-state index contributed by atoms with van der Waals surface area (Å²) in [6, 6.07) is 16.4. The Morgan fingerprint density at radius 2 is 1.45 bits per heavy atom. The van der Waals surface area contributed by atoms with Gasteiger partial charge in [-0.2, -0.15) is 0 Å². The number of ether oxygens (including phenoxy) is 1. The lowest BCUT2D eigenvalue weighted by atomic mass is 9.99. The molecule has 0 bridgehead atoms. The molecule has 0 aromatic heterocycles. The largest absolute Gasteiger partial charge is 0.445 e.